The van der Waals surface area contributed by atoms with Crippen molar-refractivity contribution in [3.8, 4) is 0 Å². The molecule has 0 bridgehead atoms. The molecule has 1 atom stereocenters. The molecule has 2 rings (SSSR count). The summed E-state index contributed by atoms with van der Waals surface area (Å²) in [4.78, 5) is 13.8. The Morgan fingerprint density at radius 2 is 1.64 bits per heavy atom. The minimum atomic E-state index is 0.149. The summed E-state index contributed by atoms with van der Waals surface area (Å²) in [5.41, 5.74) is 0. The summed E-state index contributed by atoms with van der Waals surface area (Å²) in [6.45, 7) is 6.11. The van der Waals surface area contributed by atoms with E-state index in [2.05, 4.69) is 11.8 Å². The molecule has 2 nitrogen and oxygen atoms in total. The van der Waals surface area contributed by atoms with Crippen LogP contribution >= 0.6 is 0 Å². The van der Waals surface area contributed by atoms with Crippen LogP contribution in [0.4, 0.5) is 0 Å². The molecule has 0 aromatic heterocycles. The molecule has 0 heterocycles. The zero-order valence-corrected chi connectivity index (χ0v) is 9.33. The number of carbonyl (C=O) groups excluding carboxylic acids is 1. The van der Waals surface area contributed by atoms with Gasteiger partial charge in [0.1, 0.15) is 5.78 Å². The Labute approximate surface area is 86.7 Å². The molecule has 2 aliphatic rings. The van der Waals surface area contributed by atoms with E-state index in [0.29, 0.717) is 5.78 Å². The van der Waals surface area contributed by atoms with Crippen molar-refractivity contribution in [1.82, 2.24) is 4.90 Å². The monoisotopic (exact) mass is 195 g/mol. The lowest BCUT2D eigenvalue weighted by Gasteiger charge is -2.27. The number of nitrogens with zero attached hydrogens (tertiary/aromatic N) is 1. The molecule has 80 valence electrons. The van der Waals surface area contributed by atoms with Gasteiger partial charge in [-0.3, -0.25) is 9.69 Å². The van der Waals surface area contributed by atoms with Gasteiger partial charge in [-0.05, 0) is 51.4 Å². The molecule has 2 aliphatic carbocycles. The number of hydrogen-bond acceptors (Lipinski definition) is 2. The Balaban J connectivity index is 1.84. The van der Waals surface area contributed by atoms with E-state index in [9.17, 15) is 4.79 Å². The summed E-state index contributed by atoms with van der Waals surface area (Å²) < 4.78 is 0. The van der Waals surface area contributed by atoms with E-state index in [1.807, 2.05) is 0 Å². The SMILES string of the molecule is CC(=O)C(C)N(CC1CC1)CC1CC1. The fourth-order valence-electron chi connectivity index (χ4n) is 1.91. The minimum Gasteiger partial charge on any atom is -0.298 e. The van der Waals surface area contributed by atoms with Crippen molar-refractivity contribution in [2.45, 2.75) is 45.6 Å². The first-order chi connectivity index (χ1) is 6.66. The van der Waals surface area contributed by atoms with Crippen molar-refractivity contribution in [3.63, 3.8) is 0 Å². The highest BCUT2D eigenvalue weighted by molar-refractivity contribution is 5.80. The molecule has 2 saturated carbocycles. The molecular weight excluding hydrogens is 174 g/mol. The molecular formula is C12H21NO. The van der Waals surface area contributed by atoms with Crippen LogP contribution in [-0.4, -0.2) is 29.8 Å². The Morgan fingerprint density at radius 1 is 1.21 bits per heavy atom. The van der Waals surface area contributed by atoms with Crippen molar-refractivity contribution >= 4 is 5.78 Å². The molecule has 2 fully saturated rings. The van der Waals surface area contributed by atoms with E-state index in [4.69, 9.17) is 0 Å². The van der Waals surface area contributed by atoms with Gasteiger partial charge in [-0.15, -0.1) is 0 Å². The number of Topliss-reactive ketones (excluding diaryl/α,β-unsaturated/α-hetero) is 1. The molecule has 0 aliphatic heterocycles. The topological polar surface area (TPSA) is 20.3 Å². The third-order valence-corrected chi connectivity index (χ3v) is 3.52. The molecule has 0 aromatic carbocycles. The van der Waals surface area contributed by atoms with Crippen molar-refractivity contribution in [1.29, 1.82) is 0 Å². The molecule has 0 spiro atoms. The first-order valence-electron chi connectivity index (χ1n) is 5.91. The van der Waals surface area contributed by atoms with Gasteiger partial charge in [-0.2, -0.15) is 0 Å². The summed E-state index contributed by atoms with van der Waals surface area (Å²) in [6, 6.07) is 0.149. The fraction of sp³-hybridized carbons (Fsp3) is 0.917. The smallest absolute Gasteiger partial charge is 0.146 e. The second-order valence-electron chi connectivity index (χ2n) is 5.13. The lowest BCUT2D eigenvalue weighted by atomic mass is 10.1. The second kappa shape index (κ2) is 4.01. The van der Waals surface area contributed by atoms with Crippen LogP contribution in [-0.2, 0) is 4.79 Å². The van der Waals surface area contributed by atoms with Crippen LogP contribution in [0, 0.1) is 11.8 Å². The van der Waals surface area contributed by atoms with Crippen molar-refractivity contribution in [2.75, 3.05) is 13.1 Å². The molecule has 0 N–H and O–H groups in total. The van der Waals surface area contributed by atoms with Gasteiger partial charge >= 0.3 is 0 Å². The number of rotatable bonds is 6. The van der Waals surface area contributed by atoms with Gasteiger partial charge in [-0.1, -0.05) is 0 Å². The van der Waals surface area contributed by atoms with E-state index in [1.54, 1.807) is 6.92 Å². The van der Waals surface area contributed by atoms with E-state index in [1.165, 1.54) is 25.7 Å². The van der Waals surface area contributed by atoms with Gasteiger partial charge in [0.25, 0.3) is 0 Å². The van der Waals surface area contributed by atoms with E-state index >= 15 is 0 Å². The lowest BCUT2D eigenvalue weighted by molar-refractivity contribution is -0.121. The summed E-state index contributed by atoms with van der Waals surface area (Å²) in [5.74, 6) is 2.12. The van der Waals surface area contributed by atoms with E-state index < -0.39 is 0 Å². The summed E-state index contributed by atoms with van der Waals surface area (Å²) in [6.07, 6.45) is 5.52. The maximum atomic E-state index is 11.3. The molecule has 2 heteroatoms. The minimum absolute atomic E-state index is 0.149. The van der Waals surface area contributed by atoms with Gasteiger partial charge in [0.05, 0.1) is 6.04 Å². The maximum Gasteiger partial charge on any atom is 0.146 e. The molecule has 0 radical (unpaired) electrons. The van der Waals surface area contributed by atoms with Crippen molar-refractivity contribution in [2.24, 2.45) is 11.8 Å². The predicted molar refractivity (Wildman–Crippen MR) is 57.2 cm³/mol. The predicted octanol–water partition coefficient (Wildman–Crippen LogP) is 2.09. The highest BCUT2D eigenvalue weighted by Gasteiger charge is 2.32. The number of ketones is 1. The Bertz CT molecular complexity index is 204. The largest absolute Gasteiger partial charge is 0.298 e. The summed E-state index contributed by atoms with van der Waals surface area (Å²) in [7, 11) is 0. The fourth-order valence-corrected chi connectivity index (χ4v) is 1.91. The average molecular weight is 195 g/mol. The van der Waals surface area contributed by atoms with Gasteiger partial charge in [0.2, 0.25) is 0 Å². The van der Waals surface area contributed by atoms with Crippen LogP contribution < -0.4 is 0 Å². The molecule has 0 saturated heterocycles. The van der Waals surface area contributed by atoms with Gasteiger partial charge in [-0.25, -0.2) is 0 Å². The highest BCUT2D eigenvalue weighted by Crippen LogP contribution is 2.34. The molecule has 1 unspecified atom stereocenters. The summed E-state index contributed by atoms with van der Waals surface area (Å²) in [5, 5.41) is 0. The normalized spacial score (nSPS) is 23.9. The standard InChI is InChI=1S/C12H21NO/c1-9(10(2)14)13(7-11-3-4-11)8-12-5-6-12/h9,11-12H,3-8H2,1-2H3. The maximum absolute atomic E-state index is 11.3. The lowest BCUT2D eigenvalue weighted by Crippen LogP contribution is -2.40. The second-order valence-corrected chi connectivity index (χ2v) is 5.13. The Kier molecular flexibility index (Phi) is 2.91. The Morgan fingerprint density at radius 3 is 1.93 bits per heavy atom. The van der Waals surface area contributed by atoms with Crippen LogP contribution in [0.3, 0.4) is 0 Å². The van der Waals surface area contributed by atoms with Gasteiger partial charge in [0, 0.05) is 13.1 Å². The third kappa shape index (κ3) is 2.81. The molecule has 0 amide bonds. The molecule has 14 heavy (non-hydrogen) atoms. The van der Waals surface area contributed by atoms with Crippen LogP contribution in [0.15, 0.2) is 0 Å². The van der Waals surface area contributed by atoms with Crippen LogP contribution in [0.5, 0.6) is 0 Å². The number of hydrogen-bond donors (Lipinski definition) is 0. The van der Waals surface area contributed by atoms with Crippen LogP contribution in [0.25, 0.3) is 0 Å². The van der Waals surface area contributed by atoms with Gasteiger partial charge in [0.15, 0.2) is 0 Å². The van der Waals surface area contributed by atoms with Crippen molar-refractivity contribution < 1.29 is 4.79 Å². The first-order valence-corrected chi connectivity index (χ1v) is 5.91. The zero-order chi connectivity index (χ0) is 10.1. The quantitative estimate of drug-likeness (QED) is 0.647. The molecule has 0 aromatic rings. The van der Waals surface area contributed by atoms with Crippen LogP contribution in [0.1, 0.15) is 39.5 Å². The summed E-state index contributed by atoms with van der Waals surface area (Å²) >= 11 is 0. The van der Waals surface area contributed by atoms with E-state index in [0.717, 1.165) is 24.9 Å². The van der Waals surface area contributed by atoms with Gasteiger partial charge < -0.3 is 0 Å². The van der Waals surface area contributed by atoms with Crippen LogP contribution in [0.2, 0.25) is 0 Å². The average Bonchev–Trinajstić information content (AvgIpc) is 2.94. The Hall–Kier alpha value is -0.370. The number of carbonyl (C=O) groups is 1. The third-order valence-electron chi connectivity index (χ3n) is 3.52. The highest BCUT2D eigenvalue weighted by atomic mass is 16.1. The van der Waals surface area contributed by atoms with Crippen molar-refractivity contribution in [3.05, 3.63) is 0 Å². The van der Waals surface area contributed by atoms with E-state index in [-0.39, 0.29) is 6.04 Å². The first kappa shape index (κ1) is 10.2. The zero-order valence-electron chi connectivity index (χ0n) is 9.33.